The summed E-state index contributed by atoms with van der Waals surface area (Å²) in [4.78, 5) is 24.5. The van der Waals surface area contributed by atoms with Crippen LogP contribution in [0, 0.1) is 40.9 Å². The zero-order chi connectivity index (χ0) is 21.6. The Morgan fingerprint density at radius 1 is 1.00 bits per heavy atom. The predicted molar refractivity (Wildman–Crippen MR) is 117 cm³/mol. The van der Waals surface area contributed by atoms with Crippen molar-refractivity contribution in [1.82, 2.24) is 0 Å². The Labute approximate surface area is 178 Å². The highest BCUT2D eigenvalue weighted by Crippen LogP contribution is 2.50. The van der Waals surface area contributed by atoms with Gasteiger partial charge in [0.1, 0.15) is 0 Å². The van der Waals surface area contributed by atoms with Gasteiger partial charge >= 0.3 is 11.9 Å². The van der Waals surface area contributed by atoms with Crippen LogP contribution >= 0.6 is 0 Å². The predicted octanol–water partition coefficient (Wildman–Crippen LogP) is 6.33. The molecule has 2 saturated carbocycles. The largest absolute Gasteiger partial charge is 0.481 e. The maximum absolute atomic E-state index is 12.8. The third kappa shape index (κ3) is 5.98. The van der Waals surface area contributed by atoms with Gasteiger partial charge in [-0.15, -0.1) is 0 Å². The molecule has 2 aliphatic rings. The van der Waals surface area contributed by atoms with E-state index in [1.807, 2.05) is 6.92 Å². The molecule has 4 heteroatoms. The summed E-state index contributed by atoms with van der Waals surface area (Å²) in [5.74, 6) is -0.418. The lowest BCUT2D eigenvalue weighted by Gasteiger charge is -2.48. The first-order valence-electron chi connectivity index (χ1n) is 12.1. The van der Waals surface area contributed by atoms with E-state index in [2.05, 4.69) is 27.7 Å². The van der Waals surface area contributed by atoms with Gasteiger partial charge in [-0.3, -0.25) is 9.59 Å². The smallest absolute Gasteiger partial charge is 0.309 e. The molecule has 29 heavy (non-hydrogen) atoms. The number of rotatable bonds is 9. The summed E-state index contributed by atoms with van der Waals surface area (Å²) in [5, 5.41) is 9.60. The molecular weight excluding hydrogens is 364 g/mol. The van der Waals surface area contributed by atoms with Gasteiger partial charge in [0.25, 0.3) is 0 Å². The summed E-state index contributed by atoms with van der Waals surface area (Å²) in [7, 11) is 0. The summed E-state index contributed by atoms with van der Waals surface area (Å²) in [5.41, 5.74) is 0.149. The van der Waals surface area contributed by atoms with Gasteiger partial charge in [0, 0.05) is 0 Å². The van der Waals surface area contributed by atoms with E-state index in [1.165, 1.54) is 38.5 Å². The van der Waals surface area contributed by atoms with Crippen molar-refractivity contribution in [2.24, 2.45) is 40.9 Å². The second-order valence-corrected chi connectivity index (χ2v) is 10.5. The van der Waals surface area contributed by atoms with E-state index in [0.29, 0.717) is 30.8 Å². The topological polar surface area (TPSA) is 63.6 Å². The van der Waals surface area contributed by atoms with Crippen molar-refractivity contribution >= 4 is 11.9 Å². The lowest BCUT2D eigenvalue weighted by molar-refractivity contribution is -0.165. The zero-order valence-corrected chi connectivity index (χ0v) is 19.4. The number of hydrogen-bond acceptors (Lipinski definition) is 3. The molecule has 0 radical (unpaired) electrons. The number of esters is 1. The average Bonchev–Trinajstić information content (AvgIpc) is 2.65. The molecule has 1 N–H and O–H groups in total. The quantitative estimate of drug-likeness (QED) is 0.358. The molecule has 0 aliphatic heterocycles. The van der Waals surface area contributed by atoms with Crippen LogP contribution in [-0.4, -0.2) is 23.7 Å². The first-order valence-corrected chi connectivity index (χ1v) is 12.1. The van der Waals surface area contributed by atoms with Gasteiger partial charge < -0.3 is 9.84 Å². The van der Waals surface area contributed by atoms with E-state index in [4.69, 9.17) is 4.74 Å². The Morgan fingerprint density at radius 2 is 1.72 bits per heavy atom. The highest BCUT2D eigenvalue weighted by atomic mass is 16.5. The Morgan fingerprint density at radius 3 is 2.38 bits per heavy atom. The standard InChI is InChI=1S/C25H44O4/c1-6-7-8-9-13-21-17(2)14-15-19(25(21,4)5)16-29-24(28)20-12-10-11-18(3)22(20)23(26)27/h17-22H,6-16H2,1-5H3,(H,26,27). The first kappa shape index (κ1) is 24.2. The lowest BCUT2D eigenvalue weighted by atomic mass is 9.57. The van der Waals surface area contributed by atoms with E-state index >= 15 is 0 Å². The molecule has 2 aliphatic carbocycles. The minimum Gasteiger partial charge on any atom is -0.481 e. The molecule has 2 fully saturated rings. The van der Waals surface area contributed by atoms with Crippen molar-refractivity contribution in [2.75, 3.05) is 6.61 Å². The van der Waals surface area contributed by atoms with Gasteiger partial charge in [0.2, 0.25) is 0 Å². The first-order chi connectivity index (χ1) is 13.7. The molecule has 0 heterocycles. The van der Waals surface area contributed by atoms with E-state index < -0.39 is 17.8 Å². The second-order valence-electron chi connectivity index (χ2n) is 10.5. The number of carbonyl (C=O) groups excluding carboxylic acids is 1. The van der Waals surface area contributed by atoms with Gasteiger partial charge in [0.15, 0.2) is 0 Å². The van der Waals surface area contributed by atoms with Crippen LogP contribution in [0.25, 0.3) is 0 Å². The van der Waals surface area contributed by atoms with Crippen molar-refractivity contribution in [3.63, 3.8) is 0 Å². The average molecular weight is 409 g/mol. The molecule has 0 spiro atoms. The van der Waals surface area contributed by atoms with Crippen molar-refractivity contribution < 1.29 is 19.4 Å². The summed E-state index contributed by atoms with van der Waals surface area (Å²) in [6.45, 7) is 11.7. The van der Waals surface area contributed by atoms with Crippen LogP contribution in [0.3, 0.4) is 0 Å². The zero-order valence-electron chi connectivity index (χ0n) is 19.4. The summed E-state index contributed by atoms with van der Waals surface area (Å²) >= 11 is 0. The third-order valence-electron chi connectivity index (χ3n) is 8.27. The maximum atomic E-state index is 12.8. The van der Waals surface area contributed by atoms with E-state index in [-0.39, 0.29) is 17.3 Å². The molecule has 168 valence electrons. The van der Waals surface area contributed by atoms with Gasteiger partial charge in [0.05, 0.1) is 18.4 Å². The molecule has 2 rings (SSSR count). The van der Waals surface area contributed by atoms with Crippen LogP contribution in [0.4, 0.5) is 0 Å². The number of ether oxygens (including phenoxy) is 1. The molecule has 6 unspecified atom stereocenters. The van der Waals surface area contributed by atoms with E-state index in [9.17, 15) is 14.7 Å². The molecule has 0 aromatic carbocycles. The van der Waals surface area contributed by atoms with Crippen molar-refractivity contribution in [3.05, 3.63) is 0 Å². The van der Waals surface area contributed by atoms with Crippen molar-refractivity contribution in [1.29, 1.82) is 0 Å². The fraction of sp³-hybridized carbons (Fsp3) is 0.920. The second kappa shape index (κ2) is 10.8. The van der Waals surface area contributed by atoms with Crippen LogP contribution in [0.1, 0.15) is 98.8 Å². The molecule has 0 aromatic heterocycles. The summed E-state index contributed by atoms with van der Waals surface area (Å²) in [6, 6.07) is 0. The highest BCUT2D eigenvalue weighted by molar-refractivity contribution is 5.81. The molecular formula is C25H44O4. The van der Waals surface area contributed by atoms with E-state index in [0.717, 1.165) is 19.3 Å². The number of carboxylic acid groups (broad SMARTS) is 1. The Kier molecular flexibility index (Phi) is 9.03. The lowest BCUT2D eigenvalue weighted by Crippen LogP contribution is -2.44. The van der Waals surface area contributed by atoms with Crippen LogP contribution in [0.5, 0.6) is 0 Å². The Balaban J connectivity index is 1.96. The van der Waals surface area contributed by atoms with Crippen molar-refractivity contribution in [3.8, 4) is 0 Å². The van der Waals surface area contributed by atoms with Gasteiger partial charge in [-0.25, -0.2) is 0 Å². The SMILES string of the molecule is CCCCCCC1C(C)CCC(COC(=O)C2CCCC(C)C2C(=O)O)C1(C)C. The molecule has 4 nitrogen and oxygen atoms in total. The molecule has 0 bridgehead atoms. The minimum atomic E-state index is -0.849. The number of hydrogen-bond donors (Lipinski definition) is 1. The monoisotopic (exact) mass is 408 g/mol. The van der Waals surface area contributed by atoms with Crippen LogP contribution in [0.15, 0.2) is 0 Å². The summed E-state index contributed by atoms with van der Waals surface area (Å²) < 4.78 is 5.81. The number of aliphatic carboxylic acids is 1. The number of unbranched alkanes of at least 4 members (excludes halogenated alkanes) is 3. The Hall–Kier alpha value is -1.06. The minimum absolute atomic E-state index is 0.0401. The van der Waals surface area contributed by atoms with Crippen LogP contribution in [0.2, 0.25) is 0 Å². The third-order valence-corrected chi connectivity index (χ3v) is 8.27. The maximum Gasteiger partial charge on any atom is 0.309 e. The highest BCUT2D eigenvalue weighted by Gasteiger charge is 2.45. The fourth-order valence-corrected chi connectivity index (χ4v) is 6.20. The molecule has 0 aromatic rings. The number of carboxylic acids is 1. The normalized spacial score (nSPS) is 34.5. The number of carbonyl (C=O) groups is 2. The van der Waals surface area contributed by atoms with Gasteiger partial charge in [-0.05, 0) is 54.8 Å². The molecule has 6 atom stereocenters. The summed E-state index contributed by atoms with van der Waals surface area (Å²) in [6.07, 6.45) is 11.2. The van der Waals surface area contributed by atoms with Crippen molar-refractivity contribution in [2.45, 2.75) is 98.8 Å². The molecule has 0 amide bonds. The Bertz CT molecular complexity index is 541. The fourth-order valence-electron chi connectivity index (χ4n) is 6.20. The van der Waals surface area contributed by atoms with Crippen LogP contribution < -0.4 is 0 Å². The molecule has 0 saturated heterocycles. The van der Waals surface area contributed by atoms with Gasteiger partial charge in [-0.1, -0.05) is 73.1 Å². The van der Waals surface area contributed by atoms with E-state index in [1.54, 1.807) is 0 Å². The van der Waals surface area contributed by atoms with Crippen LogP contribution in [-0.2, 0) is 14.3 Å². The van der Waals surface area contributed by atoms with Gasteiger partial charge in [-0.2, -0.15) is 0 Å².